The Morgan fingerprint density at radius 1 is 1.30 bits per heavy atom. The van der Waals surface area contributed by atoms with Gasteiger partial charge in [-0.1, -0.05) is 20.8 Å². The summed E-state index contributed by atoms with van der Waals surface area (Å²) in [4.78, 5) is 17.1. The lowest BCUT2D eigenvalue weighted by Crippen LogP contribution is -2.26. The number of allylic oxidation sites excluding steroid dienone is 1. The SMILES string of the molecule is CN(C)/C=C(\C(=O)C(C)(C)C)n1cnc(C(F)(F)F)n1. The number of alkyl halides is 3. The largest absolute Gasteiger partial charge is 0.453 e. The summed E-state index contributed by atoms with van der Waals surface area (Å²) in [7, 11) is 3.33. The summed E-state index contributed by atoms with van der Waals surface area (Å²) in [5, 5.41) is 3.33. The highest BCUT2D eigenvalue weighted by Crippen LogP contribution is 2.27. The summed E-state index contributed by atoms with van der Waals surface area (Å²) < 4.78 is 38.4. The van der Waals surface area contributed by atoms with Gasteiger partial charge in [0.1, 0.15) is 12.0 Å². The fourth-order valence-corrected chi connectivity index (χ4v) is 1.36. The second-order valence-electron chi connectivity index (χ2n) is 5.57. The molecule has 0 saturated carbocycles. The molecule has 1 heterocycles. The third-order valence-corrected chi connectivity index (χ3v) is 2.29. The first-order chi connectivity index (χ1) is 8.93. The van der Waals surface area contributed by atoms with Gasteiger partial charge in [-0.15, -0.1) is 5.10 Å². The molecule has 1 aromatic rings. The molecule has 5 nitrogen and oxygen atoms in total. The average Bonchev–Trinajstić information content (AvgIpc) is 2.71. The van der Waals surface area contributed by atoms with Crippen LogP contribution in [0.4, 0.5) is 13.2 Å². The molecule has 0 aliphatic carbocycles. The minimum Gasteiger partial charge on any atom is -0.382 e. The number of halogens is 3. The van der Waals surface area contributed by atoms with Gasteiger partial charge in [-0.05, 0) is 0 Å². The first kappa shape index (κ1) is 16.2. The molecule has 0 atom stereocenters. The van der Waals surface area contributed by atoms with Crippen molar-refractivity contribution in [2.45, 2.75) is 26.9 Å². The van der Waals surface area contributed by atoms with E-state index < -0.39 is 17.4 Å². The smallest absolute Gasteiger partial charge is 0.382 e. The molecule has 0 aliphatic rings. The van der Waals surface area contributed by atoms with Gasteiger partial charge >= 0.3 is 6.18 Å². The van der Waals surface area contributed by atoms with Crippen molar-refractivity contribution < 1.29 is 18.0 Å². The van der Waals surface area contributed by atoms with Crippen LogP contribution in [-0.4, -0.2) is 39.5 Å². The third-order valence-electron chi connectivity index (χ3n) is 2.29. The number of carbonyl (C=O) groups is 1. The predicted octanol–water partition coefficient (Wildman–Crippen LogP) is 2.27. The molecule has 0 aliphatic heterocycles. The number of hydrogen-bond donors (Lipinski definition) is 0. The van der Waals surface area contributed by atoms with Crippen LogP contribution in [0.3, 0.4) is 0 Å². The zero-order valence-electron chi connectivity index (χ0n) is 12.0. The van der Waals surface area contributed by atoms with Crippen molar-refractivity contribution >= 4 is 11.5 Å². The lowest BCUT2D eigenvalue weighted by atomic mass is 9.89. The normalized spacial score (nSPS) is 13.5. The molecule has 20 heavy (non-hydrogen) atoms. The Hall–Kier alpha value is -1.86. The van der Waals surface area contributed by atoms with E-state index in [1.807, 2.05) is 0 Å². The minimum absolute atomic E-state index is 0.0329. The van der Waals surface area contributed by atoms with E-state index >= 15 is 0 Å². The van der Waals surface area contributed by atoms with E-state index in [9.17, 15) is 18.0 Å². The van der Waals surface area contributed by atoms with E-state index in [0.717, 1.165) is 11.0 Å². The van der Waals surface area contributed by atoms with Crippen LogP contribution in [0, 0.1) is 5.41 Å². The number of Topliss-reactive ketones (excluding diaryl/α,β-unsaturated/α-hetero) is 1. The van der Waals surface area contributed by atoms with Crippen LogP contribution < -0.4 is 0 Å². The van der Waals surface area contributed by atoms with Gasteiger partial charge in [-0.25, -0.2) is 9.67 Å². The lowest BCUT2D eigenvalue weighted by molar-refractivity contribution is -0.144. The van der Waals surface area contributed by atoms with Gasteiger partial charge < -0.3 is 4.90 Å². The quantitative estimate of drug-likeness (QED) is 0.801. The molecule has 0 spiro atoms. The van der Waals surface area contributed by atoms with E-state index in [-0.39, 0.29) is 11.5 Å². The summed E-state index contributed by atoms with van der Waals surface area (Å²) >= 11 is 0. The molecule has 0 saturated heterocycles. The Bertz CT molecular complexity index is 524. The van der Waals surface area contributed by atoms with Crippen LogP contribution in [0.25, 0.3) is 5.70 Å². The maximum atomic E-state index is 12.5. The molecule has 0 N–H and O–H groups in total. The van der Waals surface area contributed by atoms with E-state index in [1.165, 1.54) is 6.20 Å². The van der Waals surface area contributed by atoms with E-state index in [0.29, 0.717) is 0 Å². The van der Waals surface area contributed by atoms with Crippen molar-refractivity contribution in [1.82, 2.24) is 19.7 Å². The molecular weight excluding hydrogens is 273 g/mol. The van der Waals surface area contributed by atoms with Crippen LogP contribution >= 0.6 is 0 Å². The Labute approximate surface area is 115 Å². The molecule has 0 bridgehead atoms. The Balaban J connectivity index is 3.27. The molecule has 1 rings (SSSR count). The second-order valence-corrected chi connectivity index (χ2v) is 5.57. The summed E-state index contributed by atoms with van der Waals surface area (Å²) in [5.74, 6) is -1.60. The molecule has 112 valence electrons. The minimum atomic E-state index is -4.64. The number of ketones is 1. The zero-order chi connectivity index (χ0) is 15.7. The molecule has 0 radical (unpaired) electrons. The van der Waals surface area contributed by atoms with Gasteiger partial charge in [0.05, 0.1) is 0 Å². The topological polar surface area (TPSA) is 51.0 Å². The molecule has 8 heteroatoms. The second kappa shape index (κ2) is 5.26. The van der Waals surface area contributed by atoms with Crippen molar-refractivity contribution in [3.63, 3.8) is 0 Å². The monoisotopic (exact) mass is 290 g/mol. The van der Waals surface area contributed by atoms with Crippen LogP contribution in [0.1, 0.15) is 26.6 Å². The van der Waals surface area contributed by atoms with Crippen molar-refractivity contribution in [2.24, 2.45) is 5.41 Å². The van der Waals surface area contributed by atoms with E-state index in [2.05, 4.69) is 10.1 Å². The lowest BCUT2D eigenvalue weighted by Gasteiger charge is -2.20. The highest BCUT2D eigenvalue weighted by Gasteiger charge is 2.37. The standard InChI is InChI=1S/C12H17F3N4O/c1-11(2,3)9(20)8(6-18(4)5)19-7-16-10(17-19)12(13,14)15/h6-7H,1-5H3/b8-6+. The van der Waals surface area contributed by atoms with Crippen molar-refractivity contribution in [2.75, 3.05) is 14.1 Å². The third kappa shape index (κ3) is 3.82. The molecule has 1 aromatic heterocycles. The van der Waals surface area contributed by atoms with Crippen LogP contribution in [0.2, 0.25) is 0 Å². The molecule has 0 unspecified atom stereocenters. The fraction of sp³-hybridized carbons (Fsp3) is 0.583. The number of carbonyl (C=O) groups excluding carboxylic acids is 1. The van der Waals surface area contributed by atoms with E-state index in [4.69, 9.17) is 0 Å². The van der Waals surface area contributed by atoms with Crippen LogP contribution in [-0.2, 0) is 11.0 Å². The number of nitrogens with zero attached hydrogens (tertiary/aromatic N) is 4. The van der Waals surface area contributed by atoms with Gasteiger partial charge in [-0.3, -0.25) is 4.79 Å². The molecule has 0 fully saturated rings. The first-order valence-corrected chi connectivity index (χ1v) is 5.85. The fourth-order valence-electron chi connectivity index (χ4n) is 1.36. The number of aromatic nitrogens is 3. The van der Waals surface area contributed by atoms with Gasteiger partial charge in [0, 0.05) is 25.7 Å². The van der Waals surface area contributed by atoms with Gasteiger partial charge in [0.25, 0.3) is 5.82 Å². The summed E-state index contributed by atoms with van der Waals surface area (Å²) in [6, 6.07) is 0. The molecule has 0 aromatic carbocycles. The maximum absolute atomic E-state index is 12.5. The van der Waals surface area contributed by atoms with Gasteiger partial charge in [0.2, 0.25) is 0 Å². The van der Waals surface area contributed by atoms with E-state index in [1.54, 1.807) is 39.8 Å². The van der Waals surface area contributed by atoms with Gasteiger partial charge in [-0.2, -0.15) is 13.2 Å². The first-order valence-electron chi connectivity index (χ1n) is 5.85. The van der Waals surface area contributed by atoms with Crippen LogP contribution in [0.15, 0.2) is 12.5 Å². The van der Waals surface area contributed by atoms with Gasteiger partial charge in [0.15, 0.2) is 5.78 Å². The maximum Gasteiger partial charge on any atom is 0.453 e. The van der Waals surface area contributed by atoms with Crippen molar-refractivity contribution in [3.05, 3.63) is 18.4 Å². The summed E-state index contributed by atoms with van der Waals surface area (Å²) in [6.07, 6.45) is -2.33. The Morgan fingerprint density at radius 2 is 1.85 bits per heavy atom. The predicted molar refractivity (Wildman–Crippen MR) is 67.4 cm³/mol. The van der Waals surface area contributed by atoms with Crippen molar-refractivity contribution in [1.29, 1.82) is 0 Å². The van der Waals surface area contributed by atoms with Crippen LogP contribution in [0.5, 0.6) is 0 Å². The number of rotatable bonds is 3. The van der Waals surface area contributed by atoms with Crippen molar-refractivity contribution in [3.8, 4) is 0 Å². The number of hydrogen-bond acceptors (Lipinski definition) is 4. The summed E-state index contributed by atoms with van der Waals surface area (Å²) in [5.41, 5.74) is -0.711. The average molecular weight is 290 g/mol. The highest BCUT2D eigenvalue weighted by atomic mass is 19.4. The highest BCUT2D eigenvalue weighted by molar-refractivity contribution is 6.17. The molecule has 0 amide bonds. The zero-order valence-corrected chi connectivity index (χ0v) is 12.0. The molecular formula is C12H17F3N4O. The Kier molecular flexibility index (Phi) is 4.26. The summed E-state index contributed by atoms with van der Waals surface area (Å²) in [6.45, 7) is 5.04. The Morgan fingerprint density at radius 3 is 2.20 bits per heavy atom.